The summed E-state index contributed by atoms with van der Waals surface area (Å²) in [7, 11) is -2.04. The van der Waals surface area contributed by atoms with Gasteiger partial charge in [-0.25, -0.2) is 8.42 Å². The number of carbonyl (C=O) groups is 1. The Balaban J connectivity index is 1.71. The van der Waals surface area contributed by atoms with Gasteiger partial charge < -0.3 is 14.8 Å². The van der Waals surface area contributed by atoms with Gasteiger partial charge in [0.05, 0.1) is 18.1 Å². The quantitative estimate of drug-likeness (QED) is 0.291. The summed E-state index contributed by atoms with van der Waals surface area (Å²) in [6.45, 7) is 6.52. The molecule has 8 nitrogen and oxygen atoms in total. The van der Waals surface area contributed by atoms with Crippen molar-refractivity contribution >= 4 is 57.9 Å². The van der Waals surface area contributed by atoms with Crippen LogP contribution in [0.1, 0.15) is 29.8 Å². The van der Waals surface area contributed by atoms with Gasteiger partial charge in [0, 0.05) is 16.9 Å². The van der Waals surface area contributed by atoms with E-state index in [1.807, 2.05) is 21.7 Å². The Hall–Kier alpha value is -3.57. The molecule has 3 rings (SSSR count). The number of hydrogen-bond acceptors (Lipinski definition) is 6. The van der Waals surface area contributed by atoms with Crippen LogP contribution in [0.15, 0.2) is 65.6 Å². The molecule has 3 aromatic carbocycles. The maximum absolute atomic E-state index is 13.1. The Labute approximate surface area is 217 Å². The fourth-order valence-electron chi connectivity index (χ4n) is 3.41. The van der Waals surface area contributed by atoms with Gasteiger partial charge in [0.1, 0.15) is 19.3 Å². The zero-order valence-electron chi connectivity index (χ0n) is 20.5. The molecule has 0 atom stereocenters. The van der Waals surface area contributed by atoms with E-state index in [9.17, 15) is 13.2 Å². The van der Waals surface area contributed by atoms with Gasteiger partial charge in [-0.3, -0.25) is 14.8 Å². The SMILES string of the molecule is Bc1cc(NS(=O)(=O)c2cc(NC(=S)NC(=O)c3ccc(OCC)cc3)ccc2C)ccc1OCC. The number of amides is 1. The number of benzene rings is 3. The Morgan fingerprint density at radius 2 is 1.61 bits per heavy atom. The van der Waals surface area contributed by atoms with Gasteiger partial charge in [-0.1, -0.05) is 6.07 Å². The van der Waals surface area contributed by atoms with Crippen LogP contribution in [-0.4, -0.2) is 40.5 Å². The van der Waals surface area contributed by atoms with Crippen LogP contribution in [0.5, 0.6) is 11.5 Å². The lowest BCUT2D eigenvalue weighted by molar-refractivity contribution is 0.0977. The van der Waals surface area contributed by atoms with Gasteiger partial charge in [0.25, 0.3) is 15.9 Å². The van der Waals surface area contributed by atoms with Crippen LogP contribution in [0.3, 0.4) is 0 Å². The predicted octanol–water partition coefficient (Wildman–Crippen LogP) is 2.98. The van der Waals surface area contributed by atoms with E-state index in [1.54, 1.807) is 61.5 Å². The minimum Gasteiger partial charge on any atom is -0.494 e. The highest BCUT2D eigenvalue weighted by molar-refractivity contribution is 7.92. The van der Waals surface area contributed by atoms with E-state index in [0.29, 0.717) is 47.2 Å². The molecule has 36 heavy (non-hydrogen) atoms. The minimum atomic E-state index is -3.89. The van der Waals surface area contributed by atoms with Gasteiger partial charge >= 0.3 is 0 Å². The molecule has 11 heteroatoms. The molecule has 0 aliphatic rings. The number of carbonyl (C=O) groups excluding carboxylic acids is 1. The standard InChI is InChI=1S/C25H28BN3O5S2/c1-4-33-20-11-7-17(8-12-20)24(30)28-25(35)27-18-9-6-16(3)23(15-18)36(31,32)29-19-10-13-22(34-5-2)21(26)14-19/h6-15,29H,4-5,26H2,1-3H3,(H2,27,28,30,35). The van der Waals surface area contributed by atoms with E-state index in [0.717, 1.165) is 5.46 Å². The van der Waals surface area contributed by atoms with Crippen LogP contribution in [-0.2, 0) is 10.0 Å². The second kappa shape index (κ2) is 11.9. The highest BCUT2D eigenvalue weighted by Gasteiger charge is 2.19. The van der Waals surface area contributed by atoms with Gasteiger partial charge in [-0.2, -0.15) is 0 Å². The summed E-state index contributed by atoms with van der Waals surface area (Å²) >= 11 is 5.26. The maximum atomic E-state index is 13.1. The Morgan fingerprint density at radius 1 is 0.944 bits per heavy atom. The second-order valence-corrected chi connectivity index (χ2v) is 9.92. The molecule has 0 unspecified atom stereocenters. The molecule has 188 valence electrons. The first kappa shape index (κ1) is 27.0. The Bertz CT molecular complexity index is 1360. The third-order valence-corrected chi connectivity index (χ3v) is 6.84. The highest BCUT2D eigenvalue weighted by Crippen LogP contribution is 2.24. The van der Waals surface area contributed by atoms with E-state index in [2.05, 4.69) is 15.4 Å². The number of hydrogen-bond donors (Lipinski definition) is 3. The molecular formula is C25H28BN3O5S2. The molecule has 0 saturated carbocycles. The lowest BCUT2D eigenvalue weighted by atomic mass is 9.94. The van der Waals surface area contributed by atoms with Crippen molar-refractivity contribution in [3.05, 3.63) is 71.8 Å². The topological polar surface area (TPSA) is 106 Å². The summed E-state index contributed by atoms with van der Waals surface area (Å²) in [6, 6.07) is 16.6. The molecule has 0 aromatic heterocycles. The number of anilines is 2. The van der Waals surface area contributed by atoms with E-state index in [1.165, 1.54) is 6.07 Å². The molecule has 1 amide bonds. The molecule has 0 saturated heterocycles. The summed E-state index contributed by atoms with van der Waals surface area (Å²) < 4.78 is 39.8. The number of thiocarbonyl (C=S) groups is 1. The minimum absolute atomic E-state index is 0.0381. The summed E-state index contributed by atoms with van der Waals surface area (Å²) in [4.78, 5) is 12.6. The predicted molar refractivity (Wildman–Crippen MR) is 149 cm³/mol. The zero-order valence-corrected chi connectivity index (χ0v) is 22.2. The largest absolute Gasteiger partial charge is 0.494 e. The van der Waals surface area contributed by atoms with Crippen molar-refractivity contribution in [3.8, 4) is 11.5 Å². The fourth-order valence-corrected chi connectivity index (χ4v) is 4.95. The van der Waals surface area contributed by atoms with Gasteiger partial charge in [0.2, 0.25) is 0 Å². The molecule has 3 N–H and O–H groups in total. The van der Waals surface area contributed by atoms with E-state index >= 15 is 0 Å². The normalized spacial score (nSPS) is 10.9. The smallest absolute Gasteiger partial charge is 0.262 e. The fraction of sp³-hybridized carbons (Fsp3) is 0.200. The Morgan fingerprint density at radius 3 is 2.25 bits per heavy atom. The number of aryl methyl sites for hydroxylation is 1. The van der Waals surface area contributed by atoms with Crippen molar-refractivity contribution < 1.29 is 22.7 Å². The van der Waals surface area contributed by atoms with Crippen LogP contribution < -0.4 is 30.3 Å². The summed E-state index contributed by atoms with van der Waals surface area (Å²) in [5.74, 6) is 0.962. The summed E-state index contributed by atoms with van der Waals surface area (Å²) in [5, 5.41) is 5.51. The number of ether oxygens (including phenoxy) is 2. The van der Waals surface area contributed by atoms with Crippen LogP contribution in [0, 0.1) is 6.92 Å². The number of rotatable bonds is 9. The first-order chi connectivity index (χ1) is 17.1. The average Bonchev–Trinajstić information content (AvgIpc) is 2.82. The summed E-state index contributed by atoms with van der Waals surface area (Å²) in [6.07, 6.45) is 0. The lowest BCUT2D eigenvalue weighted by Crippen LogP contribution is -2.34. The monoisotopic (exact) mass is 525 g/mol. The van der Waals surface area contributed by atoms with Crippen LogP contribution >= 0.6 is 12.2 Å². The molecule has 0 aliphatic carbocycles. The van der Waals surface area contributed by atoms with Crippen molar-refractivity contribution in [2.75, 3.05) is 23.3 Å². The Kier molecular flexibility index (Phi) is 8.95. The molecule has 0 spiro atoms. The van der Waals surface area contributed by atoms with Crippen molar-refractivity contribution in [2.45, 2.75) is 25.7 Å². The first-order valence-corrected chi connectivity index (χ1v) is 13.2. The van der Waals surface area contributed by atoms with Crippen molar-refractivity contribution in [3.63, 3.8) is 0 Å². The zero-order chi connectivity index (χ0) is 26.3. The van der Waals surface area contributed by atoms with Crippen LogP contribution in [0.2, 0.25) is 0 Å². The lowest BCUT2D eigenvalue weighted by Gasteiger charge is -2.15. The van der Waals surface area contributed by atoms with Crippen molar-refractivity contribution in [2.24, 2.45) is 0 Å². The molecule has 0 aliphatic heterocycles. The number of nitrogens with one attached hydrogen (secondary N) is 3. The van der Waals surface area contributed by atoms with Gasteiger partial charge in [-0.15, -0.1) is 0 Å². The van der Waals surface area contributed by atoms with Gasteiger partial charge in [-0.05, 0) is 98.6 Å². The molecular weight excluding hydrogens is 497 g/mol. The second-order valence-electron chi connectivity index (χ2n) is 7.86. The van der Waals surface area contributed by atoms with E-state index < -0.39 is 15.9 Å². The number of sulfonamides is 1. The third kappa shape index (κ3) is 6.99. The first-order valence-electron chi connectivity index (χ1n) is 11.3. The highest BCUT2D eigenvalue weighted by atomic mass is 32.2. The van der Waals surface area contributed by atoms with Crippen molar-refractivity contribution in [1.29, 1.82) is 0 Å². The molecule has 0 heterocycles. The molecule has 0 fully saturated rings. The molecule has 3 aromatic rings. The van der Waals surface area contributed by atoms with E-state index in [4.69, 9.17) is 21.7 Å². The summed E-state index contributed by atoms with van der Waals surface area (Å²) in [5.41, 5.74) is 2.62. The van der Waals surface area contributed by atoms with Crippen LogP contribution in [0.25, 0.3) is 0 Å². The molecule has 0 bridgehead atoms. The van der Waals surface area contributed by atoms with E-state index in [-0.39, 0.29) is 10.0 Å². The van der Waals surface area contributed by atoms with Gasteiger partial charge in [0.15, 0.2) is 5.11 Å². The molecule has 0 radical (unpaired) electrons. The average molecular weight is 525 g/mol. The maximum Gasteiger partial charge on any atom is 0.262 e. The third-order valence-electron chi connectivity index (χ3n) is 5.12. The van der Waals surface area contributed by atoms with Crippen LogP contribution in [0.4, 0.5) is 11.4 Å². The van der Waals surface area contributed by atoms with Crippen molar-refractivity contribution in [1.82, 2.24) is 5.32 Å².